The van der Waals surface area contributed by atoms with Crippen molar-refractivity contribution in [1.82, 2.24) is 10.0 Å². The number of amides is 1. The van der Waals surface area contributed by atoms with Crippen molar-refractivity contribution in [1.29, 1.82) is 0 Å². The van der Waals surface area contributed by atoms with Crippen LogP contribution in [0.2, 0.25) is 0 Å². The Labute approximate surface area is 125 Å². The van der Waals surface area contributed by atoms with Crippen LogP contribution in [0.3, 0.4) is 0 Å². The quantitative estimate of drug-likeness (QED) is 0.508. The molecule has 1 aromatic rings. The van der Waals surface area contributed by atoms with E-state index in [0.29, 0.717) is 5.69 Å². The second-order valence-electron chi connectivity index (χ2n) is 5.18. The smallest absolute Gasteiger partial charge is 0.240 e. The molecule has 6 nitrogen and oxygen atoms in total. The highest BCUT2D eigenvalue weighted by Crippen LogP contribution is 2.28. The van der Waals surface area contributed by atoms with E-state index in [1.165, 1.54) is 6.07 Å². The fraction of sp³-hybridized carbons (Fsp3) is 0.500. The molecule has 7 heteroatoms. The topological polar surface area (TPSA) is 101 Å². The molecule has 21 heavy (non-hydrogen) atoms. The highest BCUT2D eigenvalue weighted by molar-refractivity contribution is 7.89. The number of rotatable bonds is 7. The summed E-state index contributed by atoms with van der Waals surface area (Å²) in [6.45, 7) is 2.41. The first kappa shape index (κ1) is 15.8. The van der Waals surface area contributed by atoms with Crippen molar-refractivity contribution in [3.63, 3.8) is 0 Å². The summed E-state index contributed by atoms with van der Waals surface area (Å²) >= 11 is 0. The molecule has 1 aliphatic rings. The fourth-order valence-electron chi connectivity index (χ4n) is 2.01. The number of nitrogen functional groups attached to an aromatic ring is 1. The third-order valence-electron chi connectivity index (χ3n) is 3.47. The van der Waals surface area contributed by atoms with Gasteiger partial charge in [-0.1, -0.05) is 13.0 Å². The molecule has 0 spiro atoms. The van der Waals surface area contributed by atoms with Crippen LogP contribution in [-0.2, 0) is 21.2 Å². The SMILES string of the molecule is CCc1ccc(S(=O)(=O)NCCNC(=O)C2CC2)cc1N. The van der Waals surface area contributed by atoms with E-state index in [1.807, 2.05) is 6.92 Å². The molecular formula is C14H21N3O3S. The first-order valence-electron chi connectivity index (χ1n) is 7.10. The van der Waals surface area contributed by atoms with Crippen LogP contribution in [0.4, 0.5) is 5.69 Å². The maximum Gasteiger partial charge on any atom is 0.240 e. The third-order valence-corrected chi connectivity index (χ3v) is 4.93. The predicted octanol–water partition coefficient (Wildman–Crippen LogP) is 0.636. The Balaban J connectivity index is 1.88. The second-order valence-corrected chi connectivity index (χ2v) is 6.94. The van der Waals surface area contributed by atoms with Gasteiger partial charge < -0.3 is 11.1 Å². The first-order valence-corrected chi connectivity index (χ1v) is 8.58. The Morgan fingerprint density at radius 3 is 2.62 bits per heavy atom. The molecule has 1 fully saturated rings. The van der Waals surface area contributed by atoms with Gasteiger partial charge in [0.15, 0.2) is 0 Å². The van der Waals surface area contributed by atoms with Crippen molar-refractivity contribution >= 4 is 21.6 Å². The van der Waals surface area contributed by atoms with Crippen molar-refractivity contribution < 1.29 is 13.2 Å². The lowest BCUT2D eigenvalue weighted by Crippen LogP contribution is -2.35. The fourth-order valence-corrected chi connectivity index (χ4v) is 3.07. The number of hydrogen-bond donors (Lipinski definition) is 3. The maximum atomic E-state index is 12.1. The molecule has 0 atom stereocenters. The van der Waals surface area contributed by atoms with Crippen molar-refractivity contribution in [2.75, 3.05) is 18.8 Å². The molecule has 0 aliphatic heterocycles. The van der Waals surface area contributed by atoms with Gasteiger partial charge in [0.25, 0.3) is 0 Å². The van der Waals surface area contributed by atoms with Gasteiger partial charge in [0.1, 0.15) is 0 Å². The molecule has 116 valence electrons. The van der Waals surface area contributed by atoms with Crippen LogP contribution < -0.4 is 15.8 Å². The van der Waals surface area contributed by atoms with Crippen LogP contribution in [0.25, 0.3) is 0 Å². The van der Waals surface area contributed by atoms with E-state index in [0.717, 1.165) is 24.8 Å². The number of sulfonamides is 1. The van der Waals surface area contributed by atoms with Crippen LogP contribution in [0, 0.1) is 5.92 Å². The molecule has 1 saturated carbocycles. The van der Waals surface area contributed by atoms with Gasteiger partial charge in [0, 0.05) is 24.7 Å². The highest BCUT2D eigenvalue weighted by atomic mass is 32.2. The Bertz CT molecular complexity index is 624. The number of nitrogens with two attached hydrogens (primary N) is 1. The Hall–Kier alpha value is -1.60. The zero-order valence-electron chi connectivity index (χ0n) is 12.1. The first-order chi connectivity index (χ1) is 9.94. The average molecular weight is 311 g/mol. The molecule has 1 aliphatic carbocycles. The summed E-state index contributed by atoms with van der Waals surface area (Å²) in [5, 5.41) is 2.71. The minimum Gasteiger partial charge on any atom is -0.398 e. The molecule has 0 bridgehead atoms. The zero-order chi connectivity index (χ0) is 15.5. The van der Waals surface area contributed by atoms with Crippen LogP contribution in [0.1, 0.15) is 25.3 Å². The zero-order valence-corrected chi connectivity index (χ0v) is 12.9. The minimum atomic E-state index is -3.59. The van der Waals surface area contributed by atoms with Gasteiger partial charge in [-0.15, -0.1) is 0 Å². The normalized spacial score (nSPS) is 14.9. The number of hydrogen-bond acceptors (Lipinski definition) is 4. The summed E-state index contributed by atoms with van der Waals surface area (Å²) in [6, 6.07) is 4.73. The number of carbonyl (C=O) groups is 1. The second kappa shape index (κ2) is 6.44. The molecule has 2 rings (SSSR count). The Morgan fingerprint density at radius 2 is 2.05 bits per heavy atom. The van der Waals surface area contributed by atoms with Crippen molar-refractivity contribution in [3.8, 4) is 0 Å². The molecule has 0 aromatic heterocycles. The molecule has 0 heterocycles. The predicted molar refractivity (Wildman–Crippen MR) is 81.2 cm³/mol. The molecule has 1 amide bonds. The molecule has 1 aromatic carbocycles. The lowest BCUT2D eigenvalue weighted by Gasteiger charge is -2.10. The number of aryl methyl sites for hydroxylation is 1. The van der Waals surface area contributed by atoms with Crippen LogP contribution >= 0.6 is 0 Å². The third kappa shape index (κ3) is 4.18. The lowest BCUT2D eigenvalue weighted by molar-refractivity contribution is -0.122. The van der Waals surface area contributed by atoms with Gasteiger partial charge in [0.05, 0.1) is 4.90 Å². The molecule has 0 saturated heterocycles. The number of carbonyl (C=O) groups excluding carboxylic acids is 1. The van der Waals surface area contributed by atoms with Crippen LogP contribution in [0.15, 0.2) is 23.1 Å². The monoisotopic (exact) mass is 311 g/mol. The highest BCUT2D eigenvalue weighted by Gasteiger charge is 2.29. The molecule has 0 radical (unpaired) electrons. The van der Waals surface area contributed by atoms with Gasteiger partial charge in [-0.2, -0.15) is 0 Å². The Morgan fingerprint density at radius 1 is 1.33 bits per heavy atom. The maximum absolute atomic E-state index is 12.1. The van der Waals surface area contributed by atoms with Crippen LogP contribution in [0.5, 0.6) is 0 Å². The summed E-state index contributed by atoms with van der Waals surface area (Å²) in [4.78, 5) is 11.6. The standard InChI is InChI=1S/C14H21N3O3S/c1-2-10-5-6-12(9-13(10)15)21(19,20)17-8-7-16-14(18)11-3-4-11/h5-6,9,11,17H,2-4,7-8,15H2,1H3,(H,16,18). The van der Waals surface area contributed by atoms with Gasteiger partial charge >= 0.3 is 0 Å². The largest absolute Gasteiger partial charge is 0.398 e. The van der Waals surface area contributed by atoms with Gasteiger partial charge in [0.2, 0.25) is 15.9 Å². The lowest BCUT2D eigenvalue weighted by atomic mass is 10.1. The summed E-state index contributed by atoms with van der Waals surface area (Å²) in [5.41, 5.74) is 7.21. The molecule has 0 unspecified atom stereocenters. The van der Waals surface area contributed by atoms with E-state index >= 15 is 0 Å². The van der Waals surface area contributed by atoms with Gasteiger partial charge in [-0.25, -0.2) is 13.1 Å². The van der Waals surface area contributed by atoms with Gasteiger partial charge in [-0.05, 0) is 37.0 Å². The number of anilines is 1. The number of benzene rings is 1. The van der Waals surface area contributed by atoms with Crippen molar-refractivity contribution in [2.45, 2.75) is 31.1 Å². The number of nitrogens with one attached hydrogen (secondary N) is 2. The average Bonchev–Trinajstić information content (AvgIpc) is 3.28. The van der Waals surface area contributed by atoms with Gasteiger partial charge in [-0.3, -0.25) is 4.79 Å². The minimum absolute atomic E-state index is 0.00532. The Kier molecular flexibility index (Phi) is 4.84. The van der Waals surface area contributed by atoms with E-state index in [1.54, 1.807) is 12.1 Å². The van der Waals surface area contributed by atoms with E-state index in [4.69, 9.17) is 5.73 Å². The van der Waals surface area contributed by atoms with Crippen LogP contribution in [-0.4, -0.2) is 27.4 Å². The summed E-state index contributed by atoms with van der Waals surface area (Å²) in [6.07, 6.45) is 2.62. The summed E-state index contributed by atoms with van der Waals surface area (Å²) in [5.74, 6) is 0.133. The van der Waals surface area contributed by atoms with E-state index < -0.39 is 10.0 Å². The summed E-state index contributed by atoms with van der Waals surface area (Å²) in [7, 11) is -3.59. The van der Waals surface area contributed by atoms with Crippen molar-refractivity contribution in [2.24, 2.45) is 5.92 Å². The van der Waals surface area contributed by atoms with E-state index in [9.17, 15) is 13.2 Å². The molecular weight excluding hydrogens is 290 g/mol. The van der Waals surface area contributed by atoms with E-state index in [-0.39, 0.29) is 29.8 Å². The van der Waals surface area contributed by atoms with E-state index in [2.05, 4.69) is 10.0 Å². The van der Waals surface area contributed by atoms with Crippen molar-refractivity contribution in [3.05, 3.63) is 23.8 Å². The summed E-state index contributed by atoms with van der Waals surface area (Å²) < 4.78 is 26.6. The molecule has 4 N–H and O–H groups in total.